The SMILES string of the molecule is Cc1ccc2c(CC3CCNC3)ncnc2c1. The van der Waals surface area contributed by atoms with Crippen LogP contribution in [0.2, 0.25) is 0 Å². The molecule has 17 heavy (non-hydrogen) atoms. The minimum atomic E-state index is 0.731. The van der Waals surface area contributed by atoms with Crippen LogP contribution in [0.4, 0.5) is 0 Å². The van der Waals surface area contributed by atoms with Gasteiger partial charge in [0.25, 0.3) is 0 Å². The Bertz CT molecular complexity index is 530. The maximum absolute atomic E-state index is 4.46. The second-order valence-electron chi connectivity index (χ2n) is 4.90. The lowest BCUT2D eigenvalue weighted by Crippen LogP contribution is -2.11. The van der Waals surface area contributed by atoms with Crippen molar-refractivity contribution in [1.82, 2.24) is 15.3 Å². The van der Waals surface area contributed by atoms with E-state index in [0.29, 0.717) is 0 Å². The highest BCUT2D eigenvalue weighted by Crippen LogP contribution is 2.21. The lowest BCUT2D eigenvalue weighted by Gasteiger charge is -2.09. The Morgan fingerprint density at radius 1 is 1.35 bits per heavy atom. The van der Waals surface area contributed by atoms with Crippen molar-refractivity contribution in [3.05, 3.63) is 35.8 Å². The molecule has 3 rings (SSSR count). The summed E-state index contributed by atoms with van der Waals surface area (Å²) in [6.45, 7) is 4.37. The smallest absolute Gasteiger partial charge is 0.116 e. The molecule has 1 aliphatic heterocycles. The second kappa shape index (κ2) is 4.41. The molecule has 3 heteroatoms. The molecule has 1 N–H and O–H groups in total. The standard InChI is InChI=1S/C14H17N3/c1-10-2-3-12-13(6-10)16-9-17-14(12)7-11-4-5-15-8-11/h2-3,6,9,11,15H,4-5,7-8H2,1H3. The van der Waals surface area contributed by atoms with E-state index in [1.807, 2.05) is 0 Å². The van der Waals surface area contributed by atoms with Crippen LogP contribution >= 0.6 is 0 Å². The van der Waals surface area contributed by atoms with E-state index in [1.165, 1.54) is 23.1 Å². The topological polar surface area (TPSA) is 37.8 Å². The van der Waals surface area contributed by atoms with Gasteiger partial charge < -0.3 is 5.32 Å². The van der Waals surface area contributed by atoms with Gasteiger partial charge in [0.05, 0.1) is 11.2 Å². The zero-order valence-corrected chi connectivity index (χ0v) is 10.1. The third kappa shape index (κ3) is 2.15. The monoisotopic (exact) mass is 227 g/mol. The molecule has 0 aliphatic carbocycles. The molecule has 0 saturated carbocycles. The first-order valence-electron chi connectivity index (χ1n) is 6.24. The first-order valence-corrected chi connectivity index (χ1v) is 6.24. The Balaban J connectivity index is 1.97. The summed E-state index contributed by atoms with van der Waals surface area (Å²) in [6.07, 6.45) is 4.02. The van der Waals surface area contributed by atoms with Crippen LogP contribution in [0.3, 0.4) is 0 Å². The van der Waals surface area contributed by atoms with Gasteiger partial charge in [0.2, 0.25) is 0 Å². The highest BCUT2D eigenvalue weighted by molar-refractivity contribution is 5.81. The fourth-order valence-electron chi connectivity index (χ4n) is 2.55. The first-order chi connectivity index (χ1) is 8.33. The van der Waals surface area contributed by atoms with Gasteiger partial charge in [-0.05, 0) is 50.4 Å². The molecule has 88 valence electrons. The molecule has 1 aliphatic rings. The summed E-state index contributed by atoms with van der Waals surface area (Å²) < 4.78 is 0. The minimum Gasteiger partial charge on any atom is -0.316 e. The summed E-state index contributed by atoms with van der Waals surface area (Å²) in [4.78, 5) is 8.81. The Morgan fingerprint density at radius 3 is 3.12 bits per heavy atom. The molecule has 1 aromatic heterocycles. The van der Waals surface area contributed by atoms with Gasteiger partial charge in [0.1, 0.15) is 6.33 Å². The Labute approximate surface area is 101 Å². The lowest BCUT2D eigenvalue weighted by molar-refractivity contribution is 0.574. The van der Waals surface area contributed by atoms with Gasteiger partial charge >= 0.3 is 0 Å². The molecular formula is C14H17N3. The van der Waals surface area contributed by atoms with E-state index in [-0.39, 0.29) is 0 Å². The summed E-state index contributed by atoms with van der Waals surface area (Å²) in [7, 11) is 0. The van der Waals surface area contributed by atoms with Crippen molar-refractivity contribution in [3.8, 4) is 0 Å². The Hall–Kier alpha value is -1.48. The van der Waals surface area contributed by atoms with Crippen molar-refractivity contribution < 1.29 is 0 Å². The summed E-state index contributed by atoms with van der Waals surface area (Å²) in [6, 6.07) is 6.43. The summed E-state index contributed by atoms with van der Waals surface area (Å²) in [5.74, 6) is 0.731. The predicted molar refractivity (Wildman–Crippen MR) is 69.0 cm³/mol. The van der Waals surface area contributed by atoms with Crippen molar-refractivity contribution in [2.24, 2.45) is 5.92 Å². The van der Waals surface area contributed by atoms with E-state index in [1.54, 1.807) is 6.33 Å². The molecule has 1 unspecified atom stereocenters. The number of fused-ring (bicyclic) bond motifs is 1. The number of hydrogen-bond acceptors (Lipinski definition) is 3. The molecule has 0 radical (unpaired) electrons. The van der Waals surface area contributed by atoms with Gasteiger partial charge in [-0.2, -0.15) is 0 Å². The number of aryl methyl sites for hydroxylation is 1. The highest BCUT2D eigenvalue weighted by Gasteiger charge is 2.16. The average molecular weight is 227 g/mol. The third-order valence-electron chi connectivity index (χ3n) is 3.52. The third-order valence-corrected chi connectivity index (χ3v) is 3.52. The number of aromatic nitrogens is 2. The minimum absolute atomic E-state index is 0.731. The molecule has 1 atom stereocenters. The van der Waals surface area contributed by atoms with Crippen LogP contribution < -0.4 is 5.32 Å². The molecule has 0 bridgehead atoms. The molecule has 0 amide bonds. The molecule has 0 spiro atoms. The Kier molecular flexibility index (Phi) is 2.77. The van der Waals surface area contributed by atoms with Crippen molar-refractivity contribution in [2.45, 2.75) is 19.8 Å². The van der Waals surface area contributed by atoms with Crippen molar-refractivity contribution in [3.63, 3.8) is 0 Å². The van der Waals surface area contributed by atoms with Crippen molar-refractivity contribution in [1.29, 1.82) is 0 Å². The molecule has 2 aromatic rings. The van der Waals surface area contributed by atoms with E-state index in [2.05, 4.69) is 40.4 Å². The lowest BCUT2D eigenvalue weighted by atomic mass is 9.99. The highest BCUT2D eigenvalue weighted by atomic mass is 14.9. The first kappa shape index (κ1) is 10.7. The molecule has 2 heterocycles. The van der Waals surface area contributed by atoms with Crippen LogP contribution in [0, 0.1) is 12.8 Å². The van der Waals surface area contributed by atoms with Gasteiger partial charge in [0, 0.05) is 5.39 Å². The Morgan fingerprint density at radius 2 is 2.29 bits per heavy atom. The van der Waals surface area contributed by atoms with Crippen LogP contribution in [0.1, 0.15) is 17.7 Å². The number of nitrogens with zero attached hydrogens (tertiary/aromatic N) is 2. The van der Waals surface area contributed by atoms with Crippen molar-refractivity contribution in [2.75, 3.05) is 13.1 Å². The zero-order chi connectivity index (χ0) is 11.7. The van der Waals surface area contributed by atoms with Gasteiger partial charge in [-0.25, -0.2) is 9.97 Å². The van der Waals surface area contributed by atoms with Crippen LogP contribution in [-0.2, 0) is 6.42 Å². The van der Waals surface area contributed by atoms with E-state index < -0.39 is 0 Å². The summed E-state index contributed by atoms with van der Waals surface area (Å²) in [5.41, 5.74) is 3.52. The van der Waals surface area contributed by atoms with Crippen LogP contribution in [-0.4, -0.2) is 23.1 Å². The second-order valence-corrected chi connectivity index (χ2v) is 4.90. The fraction of sp³-hybridized carbons (Fsp3) is 0.429. The van der Waals surface area contributed by atoms with Gasteiger partial charge in [0.15, 0.2) is 0 Å². The molecule has 3 nitrogen and oxygen atoms in total. The average Bonchev–Trinajstić information content (AvgIpc) is 2.82. The number of benzene rings is 1. The fourth-order valence-corrected chi connectivity index (χ4v) is 2.55. The van der Waals surface area contributed by atoms with E-state index >= 15 is 0 Å². The largest absolute Gasteiger partial charge is 0.316 e. The predicted octanol–water partition coefficient (Wildman–Crippen LogP) is 2.09. The van der Waals surface area contributed by atoms with Gasteiger partial charge in [-0.15, -0.1) is 0 Å². The zero-order valence-electron chi connectivity index (χ0n) is 10.1. The molecular weight excluding hydrogens is 210 g/mol. The van der Waals surface area contributed by atoms with Gasteiger partial charge in [-0.1, -0.05) is 12.1 Å². The van der Waals surface area contributed by atoms with E-state index in [4.69, 9.17) is 0 Å². The molecule has 1 fully saturated rings. The quantitative estimate of drug-likeness (QED) is 0.853. The number of hydrogen-bond donors (Lipinski definition) is 1. The van der Waals surface area contributed by atoms with Crippen LogP contribution in [0.25, 0.3) is 10.9 Å². The van der Waals surface area contributed by atoms with Crippen LogP contribution in [0.15, 0.2) is 24.5 Å². The summed E-state index contributed by atoms with van der Waals surface area (Å²) >= 11 is 0. The van der Waals surface area contributed by atoms with Crippen LogP contribution in [0.5, 0.6) is 0 Å². The summed E-state index contributed by atoms with van der Waals surface area (Å²) in [5, 5.41) is 4.62. The van der Waals surface area contributed by atoms with E-state index in [0.717, 1.165) is 30.9 Å². The van der Waals surface area contributed by atoms with Crippen molar-refractivity contribution >= 4 is 10.9 Å². The number of rotatable bonds is 2. The maximum atomic E-state index is 4.46. The molecule has 1 saturated heterocycles. The molecule has 1 aromatic carbocycles. The van der Waals surface area contributed by atoms with Gasteiger partial charge in [-0.3, -0.25) is 0 Å². The normalized spacial score (nSPS) is 19.9. The number of nitrogens with one attached hydrogen (secondary N) is 1. The maximum Gasteiger partial charge on any atom is 0.116 e. The van der Waals surface area contributed by atoms with E-state index in [9.17, 15) is 0 Å².